The molecule has 0 bridgehead atoms. The maximum Gasteiger partial charge on any atom is 0.310 e. The Hall–Kier alpha value is -1.59. The number of rotatable bonds is 4. The molecule has 21 heavy (non-hydrogen) atoms. The molecule has 2 saturated carbocycles. The molecule has 0 aromatic rings. The summed E-state index contributed by atoms with van der Waals surface area (Å²) in [5.41, 5.74) is -2.76. The van der Waals surface area contributed by atoms with E-state index < -0.39 is 34.7 Å². The zero-order valence-electron chi connectivity index (χ0n) is 12.0. The third kappa shape index (κ3) is 2.40. The molecule has 2 aliphatic carbocycles. The Morgan fingerprint density at radius 3 is 1.76 bits per heavy atom. The van der Waals surface area contributed by atoms with E-state index in [9.17, 15) is 29.7 Å². The second-order valence-electron chi connectivity index (χ2n) is 6.47. The number of carboxylic acids is 3. The van der Waals surface area contributed by atoms with E-state index in [-0.39, 0.29) is 12.8 Å². The van der Waals surface area contributed by atoms with Crippen molar-refractivity contribution < 1.29 is 29.7 Å². The monoisotopic (exact) mass is 298 g/mol. The topological polar surface area (TPSA) is 112 Å². The Kier molecular flexibility index (Phi) is 4.25. The van der Waals surface area contributed by atoms with E-state index in [0.717, 1.165) is 6.42 Å². The molecule has 6 heteroatoms. The SMILES string of the molecule is O=C(O)C1CCCC(C(=O)O)(C2(C(=O)O)CCCCC2)C1. The van der Waals surface area contributed by atoms with E-state index in [1.807, 2.05) is 0 Å². The van der Waals surface area contributed by atoms with Gasteiger partial charge in [0.05, 0.1) is 16.7 Å². The van der Waals surface area contributed by atoms with Gasteiger partial charge in [0.15, 0.2) is 0 Å². The van der Waals surface area contributed by atoms with Crippen molar-refractivity contribution in [2.45, 2.75) is 57.8 Å². The Labute approximate surface area is 123 Å². The maximum absolute atomic E-state index is 12.0. The Balaban J connectivity index is 2.46. The molecule has 3 N–H and O–H groups in total. The summed E-state index contributed by atoms with van der Waals surface area (Å²) in [6.07, 6.45) is 4.05. The summed E-state index contributed by atoms with van der Waals surface area (Å²) in [6.45, 7) is 0. The van der Waals surface area contributed by atoms with Gasteiger partial charge in [-0.15, -0.1) is 0 Å². The first-order valence-electron chi connectivity index (χ1n) is 7.55. The van der Waals surface area contributed by atoms with E-state index >= 15 is 0 Å². The summed E-state index contributed by atoms with van der Waals surface area (Å²) in [7, 11) is 0. The number of hydrogen-bond acceptors (Lipinski definition) is 3. The summed E-state index contributed by atoms with van der Waals surface area (Å²) < 4.78 is 0. The molecule has 2 unspecified atom stereocenters. The first-order valence-corrected chi connectivity index (χ1v) is 7.55. The van der Waals surface area contributed by atoms with Gasteiger partial charge >= 0.3 is 17.9 Å². The fourth-order valence-corrected chi connectivity index (χ4v) is 4.37. The number of aliphatic carboxylic acids is 3. The molecule has 0 radical (unpaired) electrons. The van der Waals surface area contributed by atoms with E-state index in [0.29, 0.717) is 38.5 Å². The van der Waals surface area contributed by atoms with Crippen molar-refractivity contribution in [3.05, 3.63) is 0 Å². The van der Waals surface area contributed by atoms with Crippen molar-refractivity contribution in [3.8, 4) is 0 Å². The van der Waals surface area contributed by atoms with E-state index in [4.69, 9.17) is 0 Å². The van der Waals surface area contributed by atoms with Crippen LogP contribution >= 0.6 is 0 Å². The lowest BCUT2D eigenvalue weighted by Gasteiger charge is -2.50. The molecule has 118 valence electrons. The summed E-state index contributed by atoms with van der Waals surface area (Å²) in [5.74, 6) is -3.99. The van der Waals surface area contributed by atoms with Crippen LogP contribution < -0.4 is 0 Å². The van der Waals surface area contributed by atoms with Crippen molar-refractivity contribution in [2.75, 3.05) is 0 Å². The molecule has 2 rings (SSSR count). The summed E-state index contributed by atoms with van der Waals surface area (Å²) >= 11 is 0. The second kappa shape index (κ2) is 5.66. The number of carboxylic acid groups (broad SMARTS) is 3. The molecule has 0 spiro atoms. The van der Waals surface area contributed by atoms with Gasteiger partial charge in [-0.3, -0.25) is 14.4 Å². The smallest absolute Gasteiger partial charge is 0.310 e. The first-order chi connectivity index (χ1) is 9.86. The Morgan fingerprint density at radius 2 is 1.29 bits per heavy atom. The lowest BCUT2D eigenvalue weighted by molar-refractivity contribution is -0.185. The molecule has 0 aromatic carbocycles. The highest BCUT2D eigenvalue weighted by Crippen LogP contribution is 2.58. The quantitative estimate of drug-likeness (QED) is 0.734. The average molecular weight is 298 g/mol. The molecule has 0 aliphatic heterocycles. The molecule has 2 fully saturated rings. The van der Waals surface area contributed by atoms with Crippen molar-refractivity contribution in [3.63, 3.8) is 0 Å². The molecule has 2 atom stereocenters. The van der Waals surface area contributed by atoms with Gasteiger partial charge in [-0.25, -0.2) is 0 Å². The summed E-state index contributed by atoms with van der Waals surface area (Å²) in [4.78, 5) is 35.2. The van der Waals surface area contributed by atoms with Crippen molar-refractivity contribution in [1.29, 1.82) is 0 Å². The van der Waals surface area contributed by atoms with Gasteiger partial charge in [0.25, 0.3) is 0 Å². The van der Waals surface area contributed by atoms with Crippen molar-refractivity contribution in [2.24, 2.45) is 16.7 Å². The maximum atomic E-state index is 12.0. The first kappa shape index (κ1) is 15.8. The minimum atomic E-state index is -1.44. The molecule has 6 nitrogen and oxygen atoms in total. The second-order valence-corrected chi connectivity index (χ2v) is 6.47. The highest BCUT2D eigenvalue weighted by atomic mass is 16.4. The fourth-order valence-electron chi connectivity index (χ4n) is 4.37. The van der Waals surface area contributed by atoms with Crippen LogP contribution in [0, 0.1) is 16.7 Å². The van der Waals surface area contributed by atoms with Crippen LogP contribution in [0.2, 0.25) is 0 Å². The zero-order chi connectivity index (χ0) is 15.7. The number of carbonyl (C=O) groups is 3. The van der Waals surface area contributed by atoms with Gasteiger partial charge < -0.3 is 15.3 Å². The normalized spacial score (nSPS) is 32.3. The van der Waals surface area contributed by atoms with Crippen LogP contribution in [-0.2, 0) is 14.4 Å². The Bertz CT molecular complexity index is 451. The van der Waals surface area contributed by atoms with Gasteiger partial charge in [0.1, 0.15) is 0 Å². The van der Waals surface area contributed by atoms with E-state index in [1.165, 1.54) is 0 Å². The predicted octanol–water partition coefficient (Wildman–Crippen LogP) is 2.37. The lowest BCUT2D eigenvalue weighted by atomic mass is 9.50. The van der Waals surface area contributed by atoms with Gasteiger partial charge in [-0.05, 0) is 32.1 Å². The highest BCUT2D eigenvalue weighted by Gasteiger charge is 2.62. The summed E-state index contributed by atoms with van der Waals surface area (Å²) in [6, 6.07) is 0. The lowest BCUT2D eigenvalue weighted by Crippen LogP contribution is -2.56. The molecular formula is C15H22O6. The predicted molar refractivity (Wildman–Crippen MR) is 72.8 cm³/mol. The highest BCUT2D eigenvalue weighted by molar-refractivity contribution is 5.87. The third-order valence-electron chi connectivity index (χ3n) is 5.54. The minimum absolute atomic E-state index is 0.0655. The van der Waals surface area contributed by atoms with Crippen LogP contribution in [0.25, 0.3) is 0 Å². The molecule has 0 saturated heterocycles. The van der Waals surface area contributed by atoms with Crippen molar-refractivity contribution in [1.82, 2.24) is 0 Å². The van der Waals surface area contributed by atoms with Gasteiger partial charge in [-0.1, -0.05) is 25.7 Å². The standard InChI is InChI=1S/C15H22O6/c16-11(17)10-5-4-8-15(9-10,13(20)21)14(12(18)19)6-2-1-3-7-14/h10H,1-9H2,(H,16,17)(H,18,19)(H,20,21). The molecular weight excluding hydrogens is 276 g/mol. The average Bonchev–Trinajstić information content (AvgIpc) is 2.47. The molecule has 0 amide bonds. The van der Waals surface area contributed by atoms with Gasteiger partial charge in [0.2, 0.25) is 0 Å². The van der Waals surface area contributed by atoms with Crippen LogP contribution in [0.1, 0.15) is 57.8 Å². The van der Waals surface area contributed by atoms with Crippen molar-refractivity contribution >= 4 is 17.9 Å². The Morgan fingerprint density at radius 1 is 0.762 bits per heavy atom. The van der Waals surface area contributed by atoms with Crippen LogP contribution in [0.5, 0.6) is 0 Å². The summed E-state index contributed by atoms with van der Waals surface area (Å²) in [5, 5.41) is 28.8. The number of hydrogen-bond donors (Lipinski definition) is 3. The van der Waals surface area contributed by atoms with E-state index in [2.05, 4.69) is 0 Å². The van der Waals surface area contributed by atoms with Crippen LogP contribution in [0.3, 0.4) is 0 Å². The van der Waals surface area contributed by atoms with Crippen LogP contribution in [-0.4, -0.2) is 33.2 Å². The van der Waals surface area contributed by atoms with Crippen LogP contribution in [0.4, 0.5) is 0 Å². The molecule has 2 aliphatic rings. The minimum Gasteiger partial charge on any atom is -0.481 e. The van der Waals surface area contributed by atoms with Gasteiger partial charge in [0, 0.05) is 0 Å². The van der Waals surface area contributed by atoms with E-state index in [1.54, 1.807) is 0 Å². The molecule has 0 aromatic heterocycles. The largest absolute Gasteiger partial charge is 0.481 e. The van der Waals surface area contributed by atoms with Gasteiger partial charge in [-0.2, -0.15) is 0 Å². The fraction of sp³-hybridized carbons (Fsp3) is 0.800. The third-order valence-corrected chi connectivity index (χ3v) is 5.54. The molecule has 0 heterocycles. The van der Waals surface area contributed by atoms with Crippen LogP contribution in [0.15, 0.2) is 0 Å². The zero-order valence-corrected chi connectivity index (χ0v) is 12.0.